The van der Waals surface area contributed by atoms with Gasteiger partial charge in [-0.1, -0.05) is 11.8 Å². The number of phenolic OH excluding ortho intramolecular Hbond substituents is 2. The summed E-state index contributed by atoms with van der Waals surface area (Å²) < 4.78 is 0. The molecular weight excluding hydrogens is 168 g/mol. The molecule has 0 aliphatic heterocycles. The SMILES string of the molecule is O=CCC#Cc1ccc(O)c(O)c1. The van der Waals surface area contributed by atoms with Gasteiger partial charge in [-0.15, -0.1) is 0 Å². The highest BCUT2D eigenvalue weighted by Crippen LogP contribution is 2.24. The lowest BCUT2D eigenvalue weighted by molar-refractivity contribution is -0.107. The number of aromatic hydroxyl groups is 2. The van der Waals surface area contributed by atoms with Gasteiger partial charge in [0.2, 0.25) is 0 Å². The van der Waals surface area contributed by atoms with E-state index in [4.69, 9.17) is 10.2 Å². The topological polar surface area (TPSA) is 57.5 Å². The van der Waals surface area contributed by atoms with Gasteiger partial charge >= 0.3 is 0 Å². The van der Waals surface area contributed by atoms with Gasteiger partial charge < -0.3 is 15.0 Å². The smallest absolute Gasteiger partial charge is 0.158 e. The summed E-state index contributed by atoms with van der Waals surface area (Å²) >= 11 is 0. The van der Waals surface area contributed by atoms with E-state index in [1.54, 1.807) is 6.07 Å². The van der Waals surface area contributed by atoms with Crippen LogP contribution in [0.4, 0.5) is 0 Å². The molecule has 0 aromatic heterocycles. The summed E-state index contributed by atoms with van der Waals surface area (Å²) in [6.07, 6.45) is 0.870. The highest BCUT2D eigenvalue weighted by Gasteiger charge is 1.97. The lowest BCUT2D eigenvalue weighted by Gasteiger charge is -1.95. The van der Waals surface area contributed by atoms with Gasteiger partial charge in [0, 0.05) is 5.56 Å². The van der Waals surface area contributed by atoms with E-state index in [1.165, 1.54) is 12.1 Å². The van der Waals surface area contributed by atoms with Crippen molar-refractivity contribution in [2.45, 2.75) is 6.42 Å². The average Bonchev–Trinajstić information content (AvgIpc) is 2.12. The normalized spacial score (nSPS) is 8.62. The molecule has 0 saturated heterocycles. The van der Waals surface area contributed by atoms with E-state index in [-0.39, 0.29) is 17.9 Å². The van der Waals surface area contributed by atoms with Crippen LogP contribution in [0.1, 0.15) is 12.0 Å². The predicted octanol–water partition coefficient (Wildman–Crippen LogP) is 1.04. The fourth-order valence-corrected chi connectivity index (χ4v) is 0.796. The minimum atomic E-state index is -0.210. The van der Waals surface area contributed by atoms with E-state index in [9.17, 15) is 4.79 Å². The lowest BCUT2D eigenvalue weighted by atomic mass is 10.2. The zero-order chi connectivity index (χ0) is 9.68. The third-order valence-electron chi connectivity index (χ3n) is 1.39. The standard InChI is InChI=1S/C10H8O3/c11-6-2-1-3-8-4-5-9(12)10(13)7-8/h4-7,12-13H,2H2. The first-order chi connectivity index (χ1) is 6.24. The van der Waals surface area contributed by atoms with E-state index >= 15 is 0 Å². The molecule has 66 valence electrons. The second kappa shape index (κ2) is 4.17. The number of benzene rings is 1. The Hall–Kier alpha value is -1.95. The summed E-state index contributed by atoms with van der Waals surface area (Å²) in [7, 11) is 0. The van der Waals surface area contributed by atoms with E-state index < -0.39 is 0 Å². The van der Waals surface area contributed by atoms with Crippen LogP contribution in [0, 0.1) is 11.8 Å². The molecule has 0 atom stereocenters. The number of aldehydes is 1. The van der Waals surface area contributed by atoms with Crippen molar-refractivity contribution in [3.8, 4) is 23.3 Å². The Kier molecular flexibility index (Phi) is 2.93. The maximum absolute atomic E-state index is 9.92. The molecule has 0 heterocycles. The molecule has 1 aromatic carbocycles. The number of hydrogen-bond donors (Lipinski definition) is 2. The predicted molar refractivity (Wildman–Crippen MR) is 47.3 cm³/mol. The maximum Gasteiger partial charge on any atom is 0.158 e. The van der Waals surface area contributed by atoms with Crippen molar-refractivity contribution in [3.63, 3.8) is 0 Å². The number of carbonyl (C=O) groups is 1. The van der Waals surface area contributed by atoms with Gasteiger partial charge in [0.15, 0.2) is 11.5 Å². The van der Waals surface area contributed by atoms with E-state index in [0.717, 1.165) is 0 Å². The molecule has 3 heteroatoms. The summed E-state index contributed by atoms with van der Waals surface area (Å²) in [5.41, 5.74) is 0.567. The fourth-order valence-electron chi connectivity index (χ4n) is 0.796. The highest BCUT2D eigenvalue weighted by molar-refractivity contribution is 5.55. The van der Waals surface area contributed by atoms with Gasteiger partial charge in [-0.05, 0) is 18.2 Å². The monoisotopic (exact) mass is 176 g/mol. The van der Waals surface area contributed by atoms with Gasteiger partial charge in [-0.2, -0.15) is 0 Å². The fraction of sp³-hybridized carbons (Fsp3) is 0.100. The molecule has 0 aliphatic rings. The maximum atomic E-state index is 9.92. The third-order valence-corrected chi connectivity index (χ3v) is 1.39. The molecule has 0 bridgehead atoms. The molecule has 2 N–H and O–H groups in total. The first-order valence-corrected chi connectivity index (χ1v) is 3.68. The van der Waals surface area contributed by atoms with Crippen LogP contribution in [0.3, 0.4) is 0 Å². The number of hydrogen-bond acceptors (Lipinski definition) is 3. The van der Waals surface area contributed by atoms with Crippen molar-refractivity contribution in [3.05, 3.63) is 23.8 Å². The number of carbonyl (C=O) groups excluding carboxylic acids is 1. The van der Waals surface area contributed by atoms with Crippen molar-refractivity contribution in [2.24, 2.45) is 0 Å². The van der Waals surface area contributed by atoms with Crippen molar-refractivity contribution in [1.82, 2.24) is 0 Å². The molecule has 0 amide bonds. The zero-order valence-corrected chi connectivity index (χ0v) is 6.82. The van der Waals surface area contributed by atoms with Crippen LogP contribution in [0.5, 0.6) is 11.5 Å². The van der Waals surface area contributed by atoms with Crippen molar-refractivity contribution < 1.29 is 15.0 Å². The molecule has 0 unspecified atom stereocenters. The van der Waals surface area contributed by atoms with Crippen LogP contribution in [0.15, 0.2) is 18.2 Å². The van der Waals surface area contributed by atoms with Gasteiger partial charge in [0.05, 0.1) is 6.42 Å². The minimum absolute atomic E-state index is 0.168. The van der Waals surface area contributed by atoms with Gasteiger partial charge in [0.25, 0.3) is 0 Å². The molecule has 0 spiro atoms. The first kappa shape index (κ1) is 9.14. The third kappa shape index (κ3) is 2.53. The summed E-state index contributed by atoms with van der Waals surface area (Å²) in [6, 6.07) is 4.25. The Bertz CT molecular complexity index is 371. The second-order valence-corrected chi connectivity index (χ2v) is 2.38. The zero-order valence-electron chi connectivity index (χ0n) is 6.82. The van der Waals surface area contributed by atoms with Gasteiger partial charge in [-0.3, -0.25) is 0 Å². The second-order valence-electron chi connectivity index (χ2n) is 2.38. The number of rotatable bonds is 1. The first-order valence-electron chi connectivity index (χ1n) is 3.68. The van der Waals surface area contributed by atoms with Crippen LogP contribution in [0.25, 0.3) is 0 Å². The Morgan fingerprint density at radius 3 is 2.69 bits per heavy atom. The Balaban J connectivity index is 2.87. The Morgan fingerprint density at radius 1 is 1.31 bits per heavy atom. The summed E-state index contributed by atoms with van der Waals surface area (Å²) in [4.78, 5) is 9.92. The van der Waals surface area contributed by atoms with E-state index in [2.05, 4.69) is 11.8 Å². The molecule has 1 rings (SSSR count). The summed E-state index contributed by atoms with van der Waals surface area (Å²) in [5.74, 6) is 4.86. The quantitative estimate of drug-likeness (QED) is 0.382. The van der Waals surface area contributed by atoms with Crippen LogP contribution in [0.2, 0.25) is 0 Å². The molecule has 1 aromatic rings. The minimum Gasteiger partial charge on any atom is -0.504 e. The van der Waals surface area contributed by atoms with Crippen molar-refractivity contribution in [1.29, 1.82) is 0 Å². The van der Waals surface area contributed by atoms with Crippen molar-refractivity contribution in [2.75, 3.05) is 0 Å². The molecule has 13 heavy (non-hydrogen) atoms. The lowest BCUT2D eigenvalue weighted by Crippen LogP contribution is -1.75. The molecule has 0 fully saturated rings. The largest absolute Gasteiger partial charge is 0.504 e. The summed E-state index contributed by atoms with van der Waals surface area (Å²) in [6.45, 7) is 0. The van der Waals surface area contributed by atoms with E-state index in [1.807, 2.05) is 0 Å². The molecule has 0 saturated carbocycles. The number of phenols is 2. The van der Waals surface area contributed by atoms with Crippen LogP contribution < -0.4 is 0 Å². The Labute approximate surface area is 75.6 Å². The molecule has 3 nitrogen and oxygen atoms in total. The van der Waals surface area contributed by atoms with Gasteiger partial charge in [0.1, 0.15) is 6.29 Å². The average molecular weight is 176 g/mol. The van der Waals surface area contributed by atoms with E-state index in [0.29, 0.717) is 11.8 Å². The molecule has 0 radical (unpaired) electrons. The van der Waals surface area contributed by atoms with Crippen molar-refractivity contribution >= 4 is 6.29 Å². The van der Waals surface area contributed by atoms with Gasteiger partial charge in [-0.25, -0.2) is 0 Å². The molecule has 0 aliphatic carbocycles. The Morgan fingerprint density at radius 2 is 2.08 bits per heavy atom. The highest BCUT2D eigenvalue weighted by atomic mass is 16.3. The molecular formula is C10H8O3. The van der Waals surface area contributed by atoms with Crippen LogP contribution >= 0.6 is 0 Å². The van der Waals surface area contributed by atoms with Crippen LogP contribution in [-0.4, -0.2) is 16.5 Å². The van der Waals surface area contributed by atoms with Crippen LogP contribution in [-0.2, 0) is 4.79 Å². The summed E-state index contributed by atoms with van der Waals surface area (Å²) in [5, 5.41) is 18.0.